The van der Waals surface area contributed by atoms with E-state index in [2.05, 4.69) is 10.3 Å². The molecule has 4 aromatic rings. The highest BCUT2D eigenvalue weighted by Gasteiger charge is 2.11. The Bertz CT molecular complexity index is 1010. The summed E-state index contributed by atoms with van der Waals surface area (Å²) in [7, 11) is 0. The molecule has 0 spiro atoms. The minimum atomic E-state index is -0.355. The fraction of sp³-hybridized carbons (Fsp3) is 0.0526. The molecule has 0 bridgehead atoms. The summed E-state index contributed by atoms with van der Waals surface area (Å²) in [6.45, 7) is 0.272. The van der Waals surface area contributed by atoms with Crippen LogP contribution in [0.1, 0.15) is 15.2 Å². The van der Waals surface area contributed by atoms with Crippen LogP contribution in [0.5, 0.6) is 0 Å². The van der Waals surface area contributed by atoms with Crippen molar-refractivity contribution in [2.45, 2.75) is 6.54 Å². The summed E-state index contributed by atoms with van der Waals surface area (Å²) in [5, 5.41) is 3.89. The molecule has 1 amide bonds. The van der Waals surface area contributed by atoms with Crippen molar-refractivity contribution in [2.24, 2.45) is 0 Å². The number of thiophene rings is 1. The molecular weight excluding hydrogens is 337 g/mol. The molecule has 2 aromatic heterocycles. The first-order valence-corrected chi connectivity index (χ1v) is 8.56. The monoisotopic (exact) mass is 351 g/mol. The van der Waals surface area contributed by atoms with Gasteiger partial charge in [-0.05, 0) is 35.2 Å². The zero-order chi connectivity index (χ0) is 17.2. The topological polar surface area (TPSA) is 46.9 Å². The molecule has 0 unspecified atom stereocenters. The van der Waals surface area contributed by atoms with Gasteiger partial charge in [-0.15, -0.1) is 11.3 Å². The quantitative estimate of drug-likeness (QED) is 0.600. The third-order valence-electron chi connectivity index (χ3n) is 3.90. The van der Waals surface area contributed by atoms with Crippen molar-refractivity contribution in [1.82, 2.24) is 14.9 Å². The number of aromatic nitrogens is 2. The summed E-state index contributed by atoms with van der Waals surface area (Å²) in [4.78, 5) is 16.9. The predicted octanol–water partition coefficient (Wildman–Crippen LogP) is 4.16. The molecule has 0 atom stereocenters. The first-order valence-electron chi connectivity index (χ1n) is 7.74. The number of amides is 1. The van der Waals surface area contributed by atoms with Crippen LogP contribution in [0.3, 0.4) is 0 Å². The van der Waals surface area contributed by atoms with Crippen molar-refractivity contribution in [1.29, 1.82) is 0 Å². The number of halogens is 1. The summed E-state index contributed by atoms with van der Waals surface area (Å²) >= 11 is 1.45. The van der Waals surface area contributed by atoms with E-state index in [1.54, 1.807) is 35.4 Å². The molecule has 1 N–H and O–H groups in total. The standard InChI is InChI=1S/C19H14FN3OS/c20-15-9-13(5-6-16(15)23-8-7-21-12-23)11-22-19(24)18-10-14-3-1-2-4-17(14)25-18/h1-10,12H,11H2,(H,22,24). The molecule has 6 heteroatoms. The van der Waals surface area contributed by atoms with Gasteiger partial charge in [-0.1, -0.05) is 24.3 Å². The van der Waals surface area contributed by atoms with Crippen LogP contribution >= 0.6 is 11.3 Å². The normalized spacial score (nSPS) is 10.9. The second-order valence-electron chi connectivity index (χ2n) is 5.59. The van der Waals surface area contributed by atoms with Gasteiger partial charge in [-0.2, -0.15) is 0 Å². The minimum absolute atomic E-state index is 0.153. The van der Waals surface area contributed by atoms with E-state index in [0.29, 0.717) is 16.1 Å². The number of benzene rings is 2. The summed E-state index contributed by atoms with van der Waals surface area (Å²) in [5.74, 6) is -0.507. The maximum absolute atomic E-state index is 14.2. The number of hydrogen-bond donors (Lipinski definition) is 1. The number of hydrogen-bond acceptors (Lipinski definition) is 3. The number of carbonyl (C=O) groups excluding carboxylic acids is 1. The second kappa shape index (κ2) is 6.49. The van der Waals surface area contributed by atoms with E-state index in [9.17, 15) is 9.18 Å². The average Bonchev–Trinajstić information content (AvgIpc) is 3.29. The molecule has 0 radical (unpaired) electrons. The first-order chi connectivity index (χ1) is 12.2. The van der Waals surface area contributed by atoms with Gasteiger partial charge in [0.15, 0.2) is 0 Å². The molecule has 0 aliphatic heterocycles. The predicted molar refractivity (Wildman–Crippen MR) is 96.5 cm³/mol. The Morgan fingerprint density at radius 1 is 1.20 bits per heavy atom. The molecular formula is C19H14FN3OS. The van der Waals surface area contributed by atoms with Crippen LogP contribution < -0.4 is 5.32 Å². The van der Waals surface area contributed by atoms with E-state index in [4.69, 9.17) is 0 Å². The molecule has 0 fully saturated rings. The van der Waals surface area contributed by atoms with Gasteiger partial charge in [-0.3, -0.25) is 4.79 Å². The fourth-order valence-electron chi connectivity index (χ4n) is 2.63. The Morgan fingerprint density at radius 3 is 2.84 bits per heavy atom. The van der Waals surface area contributed by atoms with E-state index in [1.807, 2.05) is 30.3 Å². The summed E-state index contributed by atoms with van der Waals surface area (Å²) < 4.78 is 16.9. The molecule has 4 nitrogen and oxygen atoms in total. The van der Waals surface area contributed by atoms with Crippen molar-refractivity contribution in [2.75, 3.05) is 0 Å². The Morgan fingerprint density at radius 2 is 2.08 bits per heavy atom. The van der Waals surface area contributed by atoms with E-state index < -0.39 is 0 Å². The lowest BCUT2D eigenvalue weighted by atomic mass is 10.2. The summed E-state index contributed by atoms with van der Waals surface area (Å²) in [6, 6.07) is 14.6. The van der Waals surface area contributed by atoms with Gasteiger partial charge in [-0.25, -0.2) is 9.37 Å². The first kappa shape index (κ1) is 15.5. The zero-order valence-corrected chi connectivity index (χ0v) is 14.0. The lowest BCUT2D eigenvalue weighted by molar-refractivity contribution is 0.0955. The van der Waals surface area contributed by atoms with Crippen molar-refractivity contribution in [3.63, 3.8) is 0 Å². The molecule has 0 saturated heterocycles. The van der Waals surface area contributed by atoms with Gasteiger partial charge in [0.1, 0.15) is 5.82 Å². The van der Waals surface area contributed by atoms with Gasteiger partial charge in [0.2, 0.25) is 0 Å². The average molecular weight is 351 g/mol. The fourth-order valence-corrected chi connectivity index (χ4v) is 3.61. The van der Waals surface area contributed by atoms with Crippen LogP contribution in [-0.4, -0.2) is 15.5 Å². The lowest BCUT2D eigenvalue weighted by Gasteiger charge is -2.08. The second-order valence-corrected chi connectivity index (χ2v) is 6.67. The lowest BCUT2D eigenvalue weighted by Crippen LogP contribution is -2.21. The van der Waals surface area contributed by atoms with Crippen LogP contribution in [0.25, 0.3) is 15.8 Å². The zero-order valence-electron chi connectivity index (χ0n) is 13.1. The van der Waals surface area contributed by atoms with Crippen LogP contribution in [0, 0.1) is 5.82 Å². The highest BCUT2D eigenvalue weighted by Crippen LogP contribution is 2.25. The van der Waals surface area contributed by atoms with E-state index in [0.717, 1.165) is 10.1 Å². The largest absolute Gasteiger partial charge is 0.347 e. The third kappa shape index (κ3) is 3.16. The molecule has 2 heterocycles. The van der Waals surface area contributed by atoms with Gasteiger partial charge < -0.3 is 9.88 Å². The van der Waals surface area contributed by atoms with Crippen LogP contribution in [0.2, 0.25) is 0 Å². The molecule has 0 aliphatic carbocycles. The molecule has 0 aliphatic rings. The molecule has 124 valence electrons. The van der Waals surface area contributed by atoms with Gasteiger partial charge in [0.05, 0.1) is 16.9 Å². The summed E-state index contributed by atoms with van der Waals surface area (Å²) in [6.07, 6.45) is 4.82. The maximum Gasteiger partial charge on any atom is 0.261 e. The molecule has 4 rings (SSSR count). The number of carbonyl (C=O) groups is 1. The smallest absolute Gasteiger partial charge is 0.261 e. The Balaban J connectivity index is 1.47. The molecule has 2 aromatic carbocycles. The van der Waals surface area contributed by atoms with Gasteiger partial charge in [0.25, 0.3) is 5.91 Å². The number of rotatable bonds is 4. The Kier molecular flexibility index (Phi) is 4.03. The number of nitrogens with zero attached hydrogens (tertiary/aromatic N) is 2. The van der Waals surface area contributed by atoms with Crippen molar-refractivity contribution < 1.29 is 9.18 Å². The Labute approximate surface area is 147 Å². The van der Waals surface area contributed by atoms with Crippen LogP contribution in [-0.2, 0) is 6.54 Å². The number of nitrogens with one attached hydrogen (secondary N) is 1. The highest BCUT2D eigenvalue weighted by atomic mass is 32.1. The van der Waals surface area contributed by atoms with Crippen molar-refractivity contribution in [3.8, 4) is 5.69 Å². The molecule has 0 saturated carbocycles. The third-order valence-corrected chi connectivity index (χ3v) is 5.01. The van der Waals surface area contributed by atoms with Gasteiger partial charge in [0, 0.05) is 23.6 Å². The van der Waals surface area contributed by atoms with Crippen molar-refractivity contribution >= 4 is 27.3 Å². The van der Waals surface area contributed by atoms with Crippen LogP contribution in [0.4, 0.5) is 4.39 Å². The summed E-state index contributed by atoms with van der Waals surface area (Å²) in [5.41, 5.74) is 1.13. The van der Waals surface area contributed by atoms with E-state index in [-0.39, 0.29) is 18.3 Å². The molecule has 25 heavy (non-hydrogen) atoms. The minimum Gasteiger partial charge on any atom is -0.347 e. The number of imidazole rings is 1. The maximum atomic E-state index is 14.2. The van der Waals surface area contributed by atoms with Crippen molar-refractivity contribution in [3.05, 3.63) is 83.5 Å². The SMILES string of the molecule is O=C(NCc1ccc(-n2ccnc2)c(F)c1)c1cc2ccccc2s1. The number of fused-ring (bicyclic) bond motifs is 1. The van der Waals surface area contributed by atoms with Gasteiger partial charge >= 0.3 is 0 Å². The van der Waals surface area contributed by atoms with Crippen LogP contribution in [0.15, 0.2) is 67.3 Å². The Hall–Kier alpha value is -2.99. The highest BCUT2D eigenvalue weighted by molar-refractivity contribution is 7.20. The van der Waals surface area contributed by atoms with E-state index in [1.165, 1.54) is 17.4 Å². The van der Waals surface area contributed by atoms with E-state index >= 15 is 0 Å².